The van der Waals surface area contributed by atoms with Gasteiger partial charge in [0, 0.05) is 6.61 Å². The Bertz CT molecular complexity index is 407. The van der Waals surface area contributed by atoms with Gasteiger partial charge < -0.3 is 4.74 Å². The van der Waals surface area contributed by atoms with Crippen LogP contribution in [0.25, 0.3) is 0 Å². The number of carbonyl (C=O) groups excluding carboxylic acids is 2. The van der Waals surface area contributed by atoms with Crippen molar-refractivity contribution < 1.29 is 14.3 Å². The predicted octanol–water partition coefficient (Wildman–Crippen LogP) is 1.67. The lowest BCUT2D eigenvalue weighted by Gasteiger charge is -2.21. The summed E-state index contributed by atoms with van der Waals surface area (Å²) < 4.78 is 5.28. The molecule has 84 valence electrons. The van der Waals surface area contributed by atoms with E-state index in [2.05, 4.69) is 0 Å². The molecule has 1 unspecified atom stereocenters. The second-order valence-electron chi connectivity index (χ2n) is 3.58. The number of amides is 2. The molecular formula is C12H13NO3. The Morgan fingerprint density at radius 2 is 1.69 bits per heavy atom. The van der Waals surface area contributed by atoms with Gasteiger partial charge in [0.05, 0.1) is 11.1 Å². The monoisotopic (exact) mass is 219 g/mol. The molecule has 0 fully saturated rings. The van der Waals surface area contributed by atoms with Gasteiger partial charge in [0.15, 0.2) is 0 Å². The fraction of sp³-hybridized carbons (Fsp3) is 0.333. The van der Waals surface area contributed by atoms with Crippen LogP contribution in [-0.4, -0.2) is 29.5 Å². The molecule has 1 heterocycles. The van der Waals surface area contributed by atoms with Crippen LogP contribution in [0.5, 0.6) is 0 Å². The Labute approximate surface area is 93.8 Å². The predicted molar refractivity (Wildman–Crippen MR) is 58.0 cm³/mol. The fourth-order valence-electron chi connectivity index (χ4n) is 1.85. The summed E-state index contributed by atoms with van der Waals surface area (Å²) in [6.07, 6.45) is -0.516. The molecule has 0 saturated carbocycles. The lowest BCUT2D eigenvalue weighted by molar-refractivity contribution is -0.0180. The summed E-state index contributed by atoms with van der Waals surface area (Å²) in [5, 5.41) is 0. The van der Waals surface area contributed by atoms with E-state index in [0.29, 0.717) is 17.7 Å². The van der Waals surface area contributed by atoms with Crippen molar-refractivity contribution in [1.82, 2.24) is 4.90 Å². The molecule has 1 aromatic rings. The zero-order chi connectivity index (χ0) is 11.7. The smallest absolute Gasteiger partial charge is 0.263 e. The van der Waals surface area contributed by atoms with Gasteiger partial charge in [-0.3, -0.25) is 9.59 Å². The molecule has 1 aliphatic heterocycles. The minimum absolute atomic E-state index is 0.276. The van der Waals surface area contributed by atoms with Gasteiger partial charge >= 0.3 is 0 Å². The standard InChI is InChI=1S/C12H13NO3/c1-3-16-8(2)13-11(14)9-6-4-5-7-10(9)12(13)15/h4-8H,3H2,1-2H3. The van der Waals surface area contributed by atoms with Crippen molar-refractivity contribution in [2.75, 3.05) is 6.61 Å². The van der Waals surface area contributed by atoms with E-state index in [1.807, 2.05) is 6.92 Å². The van der Waals surface area contributed by atoms with Crippen LogP contribution in [0.3, 0.4) is 0 Å². The highest BCUT2D eigenvalue weighted by atomic mass is 16.5. The Morgan fingerprint density at radius 3 is 2.12 bits per heavy atom. The minimum atomic E-state index is -0.516. The van der Waals surface area contributed by atoms with E-state index in [4.69, 9.17) is 4.74 Å². The second-order valence-corrected chi connectivity index (χ2v) is 3.58. The van der Waals surface area contributed by atoms with Gasteiger partial charge in [0.25, 0.3) is 11.8 Å². The van der Waals surface area contributed by atoms with Crippen LogP contribution in [0.15, 0.2) is 24.3 Å². The van der Waals surface area contributed by atoms with Crippen LogP contribution in [0.4, 0.5) is 0 Å². The van der Waals surface area contributed by atoms with E-state index >= 15 is 0 Å². The fourth-order valence-corrected chi connectivity index (χ4v) is 1.85. The van der Waals surface area contributed by atoms with Crippen molar-refractivity contribution in [1.29, 1.82) is 0 Å². The average molecular weight is 219 g/mol. The Morgan fingerprint density at radius 1 is 1.19 bits per heavy atom. The first-order valence-electron chi connectivity index (χ1n) is 5.25. The molecule has 0 bridgehead atoms. The highest BCUT2D eigenvalue weighted by Crippen LogP contribution is 2.24. The van der Waals surface area contributed by atoms with Crippen LogP contribution >= 0.6 is 0 Å². The van der Waals surface area contributed by atoms with Gasteiger partial charge in [-0.25, -0.2) is 4.90 Å². The molecular weight excluding hydrogens is 206 g/mol. The largest absolute Gasteiger partial charge is 0.358 e. The third kappa shape index (κ3) is 1.51. The molecule has 0 radical (unpaired) electrons. The number of imide groups is 1. The Balaban J connectivity index is 2.35. The highest BCUT2D eigenvalue weighted by molar-refractivity contribution is 6.21. The van der Waals surface area contributed by atoms with Crippen molar-refractivity contribution >= 4 is 11.8 Å². The molecule has 0 aromatic heterocycles. The van der Waals surface area contributed by atoms with Crippen molar-refractivity contribution in [2.45, 2.75) is 20.1 Å². The molecule has 1 aliphatic rings. The molecule has 2 rings (SSSR count). The van der Waals surface area contributed by atoms with Gasteiger partial charge in [-0.1, -0.05) is 12.1 Å². The first-order valence-corrected chi connectivity index (χ1v) is 5.25. The normalized spacial score (nSPS) is 16.5. The maximum atomic E-state index is 11.9. The van der Waals surface area contributed by atoms with E-state index in [0.717, 1.165) is 4.90 Å². The minimum Gasteiger partial charge on any atom is -0.358 e. The average Bonchev–Trinajstić information content (AvgIpc) is 2.53. The summed E-state index contributed by atoms with van der Waals surface area (Å²) in [6.45, 7) is 3.99. The number of ether oxygens (including phenoxy) is 1. The van der Waals surface area contributed by atoms with Crippen molar-refractivity contribution in [2.24, 2.45) is 0 Å². The molecule has 1 atom stereocenters. The molecule has 0 spiro atoms. The second kappa shape index (κ2) is 4.06. The molecule has 4 heteroatoms. The number of hydrogen-bond acceptors (Lipinski definition) is 3. The van der Waals surface area contributed by atoms with E-state index in [1.165, 1.54) is 0 Å². The van der Waals surface area contributed by atoms with Gasteiger partial charge in [-0.05, 0) is 26.0 Å². The van der Waals surface area contributed by atoms with Crippen molar-refractivity contribution in [3.05, 3.63) is 35.4 Å². The lowest BCUT2D eigenvalue weighted by atomic mass is 10.1. The van der Waals surface area contributed by atoms with Gasteiger partial charge in [-0.15, -0.1) is 0 Å². The summed E-state index contributed by atoms with van der Waals surface area (Å²) >= 11 is 0. The van der Waals surface area contributed by atoms with E-state index in [1.54, 1.807) is 31.2 Å². The maximum absolute atomic E-state index is 11.9. The van der Waals surface area contributed by atoms with Gasteiger partial charge in [0.1, 0.15) is 6.23 Å². The van der Waals surface area contributed by atoms with Crippen molar-refractivity contribution in [3.8, 4) is 0 Å². The number of fused-ring (bicyclic) bond motifs is 1. The first kappa shape index (κ1) is 10.8. The molecule has 0 aliphatic carbocycles. The summed E-state index contributed by atoms with van der Waals surface area (Å²) in [5.41, 5.74) is 0.915. The van der Waals surface area contributed by atoms with Crippen LogP contribution < -0.4 is 0 Å². The summed E-state index contributed by atoms with van der Waals surface area (Å²) in [6, 6.07) is 6.82. The Hall–Kier alpha value is -1.68. The third-order valence-corrected chi connectivity index (χ3v) is 2.60. The topological polar surface area (TPSA) is 46.6 Å². The number of nitrogens with zero attached hydrogens (tertiary/aromatic N) is 1. The van der Waals surface area contributed by atoms with Crippen molar-refractivity contribution in [3.63, 3.8) is 0 Å². The molecule has 16 heavy (non-hydrogen) atoms. The van der Waals surface area contributed by atoms with Crippen LogP contribution in [-0.2, 0) is 4.74 Å². The van der Waals surface area contributed by atoms with E-state index in [9.17, 15) is 9.59 Å². The molecule has 4 nitrogen and oxygen atoms in total. The summed E-state index contributed by atoms with van der Waals surface area (Å²) in [5.74, 6) is -0.553. The Kier molecular flexibility index (Phi) is 2.75. The van der Waals surface area contributed by atoms with E-state index in [-0.39, 0.29) is 11.8 Å². The molecule has 0 saturated heterocycles. The van der Waals surface area contributed by atoms with Crippen LogP contribution in [0.1, 0.15) is 34.6 Å². The number of carbonyl (C=O) groups is 2. The van der Waals surface area contributed by atoms with Crippen LogP contribution in [0, 0.1) is 0 Å². The zero-order valence-electron chi connectivity index (χ0n) is 9.27. The number of hydrogen-bond donors (Lipinski definition) is 0. The molecule has 0 N–H and O–H groups in total. The maximum Gasteiger partial charge on any atom is 0.263 e. The quantitative estimate of drug-likeness (QED) is 0.726. The van der Waals surface area contributed by atoms with Crippen LogP contribution in [0.2, 0.25) is 0 Å². The SMILES string of the molecule is CCOC(C)N1C(=O)c2ccccc2C1=O. The summed E-state index contributed by atoms with van der Waals surface area (Å²) in [4.78, 5) is 25.1. The zero-order valence-corrected chi connectivity index (χ0v) is 9.27. The van der Waals surface area contributed by atoms with Gasteiger partial charge in [0.2, 0.25) is 0 Å². The number of benzene rings is 1. The lowest BCUT2D eigenvalue weighted by Crippen LogP contribution is -2.39. The molecule has 1 aromatic carbocycles. The molecule has 2 amide bonds. The first-order chi connectivity index (χ1) is 7.66. The van der Waals surface area contributed by atoms with E-state index < -0.39 is 6.23 Å². The highest BCUT2D eigenvalue weighted by Gasteiger charge is 2.38. The third-order valence-electron chi connectivity index (χ3n) is 2.60. The number of rotatable bonds is 3. The summed E-state index contributed by atoms with van der Waals surface area (Å²) in [7, 11) is 0. The van der Waals surface area contributed by atoms with Gasteiger partial charge in [-0.2, -0.15) is 0 Å².